The molecule has 3 heterocycles. The summed E-state index contributed by atoms with van der Waals surface area (Å²) in [5, 5.41) is 9.11. The van der Waals surface area contributed by atoms with E-state index < -0.39 is 0 Å². The van der Waals surface area contributed by atoms with Gasteiger partial charge in [0.25, 0.3) is 0 Å². The van der Waals surface area contributed by atoms with Gasteiger partial charge in [0.2, 0.25) is 5.91 Å². The van der Waals surface area contributed by atoms with Crippen LogP contribution >= 0.6 is 0 Å². The Hall–Kier alpha value is -2.84. The van der Waals surface area contributed by atoms with Gasteiger partial charge in [-0.15, -0.1) is 0 Å². The van der Waals surface area contributed by atoms with E-state index in [4.69, 9.17) is 0 Å². The summed E-state index contributed by atoms with van der Waals surface area (Å²) in [6, 6.07) is 6.10. The Morgan fingerprint density at radius 3 is 2.74 bits per heavy atom. The lowest BCUT2D eigenvalue weighted by atomic mass is 10.1. The molecule has 146 valence electrons. The monoisotopic (exact) mass is 373 g/mol. The first-order chi connectivity index (χ1) is 13.1. The molecule has 27 heavy (non-hydrogen) atoms. The number of amides is 3. The summed E-state index contributed by atoms with van der Waals surface area (Å²) < 4.78 is 0. The van der Waals surface area contributed by atoms with E-state index in [1.807, 2.05) is 19.1 Å². The molecule has 0 spiro atoms. The number of hydrogen-bond acceptors (Lipinski definition) is 5. The minimum absolute atomic E-state index is 0.0835. The first kappa shape index (κ1) is 18.9. The zero-order valence-corrected chi connectivity index (χ0v) is 15.9. The van der Waals surface area contributed by atoms with Gasteiger partial charge >= 0.3 is 6.03 Å². The van der Waals surface area contributed by atoms with Gasteiger partial charge < -0.3 is 20.9 Å². The number of urea groups is 1. The van der Waals surface area contributed by atoms with E-state index in [2.05, 4.69) is 36.9 Å². The number of carbonyl (C=O) groups is 2. The summed E-state index contributed by atoms with van der Waals surface area (Å²) >= 11 is 0. The molecule has 1 aromatic rings. The maximum absolute atomic E-state index is 11.6. The largest absolute Gasteiger partial charge is 0.356 e. The van der Waals surface area contributed by atoms with Gasteiger partial charge in [-0.05, 0) is 31.9 Å². The second-order valence-electron chi connectivity index (χ2n) is 6.75. The Bertz CT molecular complexity index is 697. The van der Waals surface area contributed by atoms with Crippen molar-refractivity contribution in [3.05, 3.63) is 23.9 Å². The molecule has 0 saturated carbocycles. The molecule has 9 nitrogen and oxygen atoms in total. The number of aryl methyl sites for hydroxylation is 1. The second-order valence-corrected chi connectivity index (χ2v) is 6.75. The normalized spacial score (nSPS) is 18.7. The summed E-state index contributed by atoms with van der Waals surface area (Å²) in [6.45, 7) is 4.75. The van der Waals surface area contributed by atoms with Crippen molar-refractivity contribution in [2.24, 2.45) is 4.99 Å². The van der Waals surface area contributed by atoms with Crippen molar-refractivity contribution in [1.82, 2.24) is 25.8 Å². The maximum atomic E-state index is 11.6. The fourth-order valence-electron chi connectivity index (χ4n) is 3.31. The van der Waals surface area contributed by atoms with Gasteiger partial charge in [0.05, 0.1) is 6.54 Å². The molecular weight excluding hydrogens is 346 g/mol. The number of rotatable bonds is 5. The summed E-state index contributed by atoms with van der Waals surface area (Å²) in [5.74, 6) is 1.53. The van der Waals surface area contributed by atoms with E-state index in [9.17, 15) is 9.59 Å². The number of pyridine rings is 1. The molecule has 0 aromatic carbocycles. The Morgan fingerprint density at radius 2 is 2.11 bits per heavy atom. The summed E-state index contributed by atoms with van der Waals surface area (Å²) in [6.07, 6.45) is 1.98. The molecule has 0 bridgehead atoms. The molecule has 2 saturated heterocycles. The standard InChI is InChI=1S/C18H27N7O2/c1-13-4-3-5-15(22-13)24-9-6-14(7-10-24)23-17(19-2)20-8-11-25-16(26)12-21-18(25)27/h3-5,14H,6-12H2,1-2H3,(H,21,27)(H2,19,20,23). The summed E-state index contributed by atoms with van der Waals surface area (Å²) in [5.41, 5.74) is 1.03. The molecule has 9 heteroatoms. The predicted molar refractivity (Wildman–Crippen MR) is 104 cm³/mol. The molecule has 3 amide bonds. The highest BCUT2D eigenvalue weighted by atomic mass is 16.2. The van der Waals surface area contributed by atoms with Gasteiger partial charge in [-0.3, -0.25) is 14.7 Å². The number of nitrogens with one attached hydrogen (secondary N) is 3. The van der Waals surface area contributed by atoms with Gasteiger partial charge in [0, 0.05) is 45.0 Å². The van der Waals surface area contributed by atoms with Crippen LogP contribution < -0.4 is 20.9 Å². The van der Waals surface area contributed by atoms with E-state index in [0.717, 1.165) is 37.4 Å². The van der Waals surface area contributed by atoms with Crippen LogP contribution in [0.5, 0.6) is 0 Å². The fourth-order valence-corrected chi connectivity index (χ4v) is 3.31. The van der Waals surface area contributed by atoms with Crippen LogP contribution in [0.2, 0.25) is 0 Å². The number of carbonyl (C=O) groups excluding carboxylic acids is 2. The van der Waals surface area contributed by atoms with Crippen LogP contribution in [0.3, 0.4) is 0 Å². The summed E-state index contributed by atoms with van der Waals surface area (Å²) in [4.78, 5) is 35.5. The Labute approximate surface area is 159 Å². The Morgan fingerprint density at radius 1 is 1.33 bits per heavy atom. The van der Waals surface area contributed by atoms with Crippen molar-refractivity contribution in [1.29, 1.82) is 0 Å². The lowest BCUT2D eigenvalue weighted by Crippen LogP contribution is -2.50. The Balaban J connectivity index is 1.42. The quantitative estimate of drug-likeness (QED) is 0.384. The summed E-state index contributed by atoms with van der Waals surface area (Å²) in [7, 11) is 1.72. The lowest BCUT2D eigenvalue weighted by molar-refractivity contribution is -0.124. The minimum Gasteiger partial charge on any atom is -0.356 e. The van der Waals surface area contributed by atoms with Crippen molar-refractivity contribution in [3.63, 3.8) is 0 Å². The lowest BCUT2D eigenvalue weighted by Gasteiger charge is -2.34. The van der Waals surface area contributed by atoms with Gasteiger partial charge in [0.15, 0.2) is 5.96 Å². The van der Waals surface area contributed by atoms with E-state index >= 15 is 0 Å². The maximum Gasteiger partial charge on any atom is 0.324 e. The van der Waals surface area contributed by atoms with Crippen molar-refractivity contribution in [2.75, 3.05) is 44.7 Å². The number of aliphatic imine (C=N–C) groups is 1. The van der Waals surface area contributed by atoms with Crippen LogP contribution in [0.1, 0.15) is 18.5 Å². The average Bonchev–Trinajstić information content (AvgIpc) is 2.99. The molecule has 2 aliphatic rings. The van der Waals surface area contributed by atoms with Crippen molar-refractivity contribution in [3.8, 4) is 0 Å². The molecule has 3 N–H and O–H groups in total. The molecular formula is C18H27N7O2. The van der Waals surface area contributed by atoms with Crippen molar-refractivity contribution in [2.45, 2.75) is 25.8 Å². The predicted octanol–water partition coefficient (Wildman–Crippen LogP) is 0.0756. The zero-order valence-electron chi connectivity index (χ0n) is 15.9. The molecule has 1 aromatic heterocycles. The van der Waals surface area contributed by atoms with Crippen LogP contribution in [0.25, 0.3) is 0 Å². The molecule has 2 aliphatic heterocycles. The SMILES string of the molecule is CN=C(NCCN1C(=O)CNC1=O)NC1CCN(c2cccc(C)n2)CC1. The molecule has 0 aliphatic carbocycles. The van der Waals surface area contributed by atoms with E-state index in [1.54, 1.807) is 7.05 Å². The van der Waals surface area contributed by atoms with Gasteiger partial charge in [0.1, 0.15) is 5.82 Å². The van der Waals surface area contributed by atoms with Gasteiger partial charge in [-0.25, -0.2) is 9.78 Å². The Kier molecular flexibility index (Phi) is 6.10. The highest BCUT2D eigenvalue weighted by Crippen LogP contribution is 2.18. The first-order valence-electron chi connectivity index (χ1n) is 9.31. The van der Waals surface area contributed by atoms with Crippen LogP contribution in [0, 0.1) is 6.92 Å². The van der Waals surface area contributed by atoms with E-state index in [1.165, 1.54) is 4.90 Å². The van der Waals surface area contributed by atoms with Crippen molar-refractivity contribution >= 4 is 23.7 Å². The van der Waals surface area contributed by atoms with E-state index in [-0.39, 0.29) is 18.5 Å². The van der Waals surface area contributed by atoms with Crippen LogP contribution in [0.4, 0.5) is 10.6 Å². The third kappa shape index (κ3) is 4.87. The van der Waals surface area contributed by atoms with Gasteiger partial charge in [-0.2, -0.15) is 0 Å². The number of imide groups is 1. The highest BCUT2D eigenvalue weighted by molar-refractivity contribution is 6.01. The molecule has 0 atom stereocenters. The highest BCUT2D eigenvalue weighted by Gasteiger charge is 2.27. The minimum atomic E-state index is -0.332. The number of piperidine rings is 1. The second kappa shape index (κ2) is 8.70. The first-order valence-corrected chi connectivity index (χ1v) is 9.31. The van der Waals surface area contributed by atoms with Crippen LogP contribution in [0.15, 0.2) is 23.2 Å². The van der Waals surface area contributed by atoms with Crippen molar-refractivity contribution < 1.29 is 9.59 Å². The zero-order chi connectivity index (χ0) is 19.2. The molecule has 3 rings (SSSR count). The van der Waals surface area contributed by atoms with Crippen LogP contribution in [-0.2, 0) is 4.79 Å². The smallest absolute Gasteiger partial charge is 0.324 e. The average molecular weight is 373 g/mol. The molecule has 2 fully saturated rings. The number of guanidine groups is 1. The third-order valence-corrected chi connectivity index (χ3v) is 4.82. The topological polar surface area (TPSA) is 102 Å². The number of anilines is 1. The third-order valence-electron chi connectivity index (χ3n) is 4.82. The molecule has 0 unspecified atom stereocenters. The molecule has 0 radical (unpaired) electrons. The van der Waals surface area contributed by atoms with Gasteiger partial charge in [-0.1, -0.05) is 6.07 Å². The number of hydrogen-bond donors (Lipinski definition) is 3. The fraction of sp³-hybridized carbons (Fsp3) is 0.556. The van der Waals surface area contributed by atoms with Crippen LogP contribution in [-0.4, -0.2) is 73.6 Å². The number of nitrogens with zero attached hydrogens (tertiary/aromatic N) is 4. The number of aromatic nitrogens is 1. The van der Waals surface area contributed by atoms with E-state index in [0.29, 0.717) is 25.1 Å².